The van der Waals surface area contributed by atoms with Gasteiger partial charge in [0.25, 0.3) is 0 Å². The van der Waals surface area contributed by atoms with Crippen LogP contribution >= 0.6 is 0 Å². The topological polar surface area (TPSA) is 12.0 Å². The zero-order valence-corrected chi connectivity index (χ0v) is 18.7. The molecular weight excluding hydrogens is 342 g/mol. The summed E-state index contributed by atoms with van der Waals surface area (Å²) in [6.45, 7) is 16.6. The number of benzene rings is 3. The van der Waals surface area contributed by atoms with E-state index in [0.717, 1.165) is 0 Å². The molecule has 1 nitrogen and oxygen atoms in total. The zero-order chi connectivity index (χ0) is 19.6. The number of hydrogen-bond acceptors (Lipinski definition) is 1. The van der Waals surface area contributed by atoms with E-state index in [1.165, 1.54) is 38.2 Å². The smallest absolute Gasteiger partial charge is 0.148 e. The lowest BCUT2D eigenvalue weighted by atomic mass is 9.89. The highest BCUT2D eigenvalue weighted by molar-refractivity contribution is 6.83. The summed E-state index contributed by atoms with van der Waals surface area (Å²) in [5, 5.41) is 7.26. The summed E-state index contributed by atoms with van der Waals surface area (Å²) in [5.74, 6) is 0.464. The summed E-state index contributed by atoms with van der Waals surface area (Å²) >= 11 is 0. The highest BCUT2D eigenvalue weighted by Crippen LogP contribution is 2.51. The van der Waals surface area contributed by atoms with Crippen LogP contribution in [0.5, 0.6) is 0 Å². The van der Waals surface area contributed by atoms with Crippen molar-refractivity contribution in [2.24, 2.45) is 0 Å². The maximum Gasteiger partial charge on any atom is 0.148 e. The van der Waals surface area contributed by atoms with Crippen molar-refractivity contribution >= 4 is 35.4 Å². The number of hydrogen-bond donors (Lipinski definition) is 1. The molecule has 3 aromatic rings. The summed E-state index contributed by atoms with van der Waals surface area (Å²) in [5.41, 5.74) is 4.66. The highest BCUT2D eigenvalue weighted by Gasteiger charge is 2.40. The second-order valence-electron chi connectivity index (χ2n) is 9.64. The Kier molecular flexibility index (Phi) is 4.14. The predicted octanol–water partition coefficient (Wildman–Crippen LogP) is 7.02. The number of nitrogens with one attached hydrogen (secondary N) is 1. The molecule has 140 valence electrons. The first kappa shape index (κ1) is 18.5. The van der Waals surface area contributed by atoms with Crippen molar-refractivity contribution in [3.8, 4) is 0 Å². The molecule has 1 N–H and O–H groups in total. The molecule has 0 radical (unpaired) electrons. The molecule has 1 aliphatic rings. The second kappa shape index (κ2) is 6.05. The molecule has 3 aromatic carbocycles. The van der Waals surface area contributed by atoms with Crippen LogP contribution in [0.4, 0.5) is 0 Å². The molecule has 0 heterocycles. The van der Waals surface area contributed by atoms with Crippen molar-refractivity contribution in [1.29, 1.82) is 0 Å². The Hall–Kier alpha value is -1.90. The van der Waals surface area contributed by atoms with Gasteiger partial charge in [-0.25, -0.2) is 0 Å². The van der Waals surface area contributed by atoms with Crippen molar-refractivity contribution in [3.05, 3.63) is 64.9 Å². The van der Waals surface area contributed by atoms with Gasteiger partial charge in [-0.1, -0.05) is 73.7 Å². The van der Waals surface area contributed by atoms with Gasteiger partial charge in [-0.2, -0.15) is 0 Å². The van der Waals surface area contributed by atoms with Gasteiger partial charge in [0.1, 0.15) is 8.24 Å². The first-order valence-corrected chi connectivity index (χ1v) is 13.1. The lowest BCUT2D eigenvalue weighted by molar-refractivity contribution is 0.513. The summed E-state index contributed by atoms with van der Waals surface area (Å²) in [6, 6.07) is 17.9. The van der Waals surface area contributed by atoms with Gasteiger partial charge in [0.15, 0.2) is 0 Å². The van der Waals surface area contributed by atoms with Crippen molar-refractivity contribution in [3.63, 3.8) is 0 Å². The second-order valence-corrected chi connectivity index (χ2v) is 13.7. The summed E-state index contributed by atoms with van der Waals surface area (Å²) in [7, 11) is -1.77. The molecule has 1 aliphatic carbocycles. The van der Waals surface area contributed by atoms with E-state index in [1.807, 2.05) is 0 Å². The minimum atomic E-state index is -1.77. The fourth-order valence-electron chi connectivity index (χ4n) is 5.64. The fourth-order valence-corrected chi connectivity index (χ4v) is 9.94. The van der Waals surface area contributed by atoms with E-state index in [4.69, 9.17) is 0 Å². The number of rotatable bonds is 2. The van der Waals surface area contributed by atoms with Gasteiger partial charge in [0, 0.05) is 11.5 Å². The maximum absolute atomic E-state index is 4.01. The van der Waals surface area contributed by atoms with E-state index in [2.05, 4.69) is 101 Å². The highest BCUT2D eigenvalue weighted by atomic mass is 28.3. The molecule has 0 saturated carbocycles. The van der Waals surface area contributed by atoms with Gasteiger partial charge in [0.05, 0.1) is 0 Å². The molecule has 0 spiro atoms. The van der Waals surface area contributed by atoms with Gasteiger partial charge in [-0.3, -0.25) is 0 Å². The average molecular weight is 374 g/mol. The molecule has 0 aliphatic heterocycles. The third-order valence-corrected chi connectivity index (χ3v) is 9.51. The van der Waals surface area contributed by atoms with E-state index < -0.39 is 8.24 Å². The molecule has 0 fully saturated rings. The predicted molar refractivity (Wildman–Crippen MR) is 123 cm³/mol. The van der Waals surface area contributed by atoms with Crippen LogP contribution in [0.15, 0.2) is 53.7 Å². The Bertz CT molecular complexity index is 1080. The molecule has 1 unspecified atom stereocenters. The summed E-state index contributed by atoms with van der Waals surface area (Å²) in [4.78, 5) is 4.01. The molecule has 2 heteroatoms. The Morgan fingerprint density at radius 2 is 1.30 bits per heavy atom. The molecule has 27 heavy (non-hydrogen) atoms. The van der Waals surface area contributed by atoms with Crippen LogP contribution in [0.2, 0.25) is 13.1 Å². The molecule has 0 aromatic heterocycles. The quantitative estimate of drug-likeness (QED) is 0.376. The van der Waals surface area contributed by atoms with Crippen LogP contribution in [0.25, 0.3) is 27.1 Å². The van der Waals surface area contributed by atoms with Gasteiger partial charge >= 0.3 is 0 Å². The fraction of sp³-hybridized carbons (Fsp3) is 0.360. The van der Waals surface area contributed by atoms with E-state index >= 15 is 0 Å². The molecule has 0 bridgehead atoms. The molecule has 0 saturated heterocycles. The Labute approximate surface area is 164 Å². The van der Waals surface area contributed by atoms with E-state index in [9.17, 15) is 0 Å². The van der Waals surface area contributed by atoms with Gasteiger partial charge in [-0.15, -0.1) is 0 Å². The van der Waals surface area contributed by atoms with Crippen LogP contribution in [0.3, 0.4) is 0 Å². The van der Waals surface area contributed by atoms with Crippen LogP contribution in [-0.2, 0) is 0 Å². The van der Waals surface area contributed by atoms with Crippen LogP contribution in [0.1, 0.15) is 51.7 Å². The van der Waals surface area contributed by atoms with E-state index in [1.54, 1.807) is 5.20 Å². The van der Waals surface area contributed by atoms with Crippen LogP contribution in [-0.4, -0.2) is 13.8 Å². The standard InChI is InChI=1S/C25H31NSi/c1-16-22-20-14-10-8-12-18(20)19-13-9-11-15-21(19)23(22)17(2)24(16)27(6,7)26-25(3,4)5/h8-16,26H,1-7H3. The van der Waals surface area contributed by atoms with E-state index in [0.29, 0.717) is 5.92 Å². The first-order valence-electron chi connectivity index (χ1n) is 10.1. The first-order chi connectivity index (χ1) is 12.6. The third-order valence-electron chi connectivity index (χ3n) is 5.98. The van der Waals surface area contributed by atoms with Gasteiger partial charge in [0.2, 0.25) is 0 Å². The normalized spacial score (nSPS) is 17.8. The van der Waals surface area contributed by atoms with Crippen LogP contribution < -0.4 is 4.98 Å². The summed E-state index contributed by atoms with van der Waals surface area (Å²) < 4.78 is 0. The molecule has 4 rings (SSSR count). The van der Waals surface area contributed by atoms with Crippen LogP contribution in [0, 0.1) is 0 Å². The molecular formula is C25H31NSi. The lowest BCUT2D eigenvalue weighted by Crippen LogP contribution is -2.56. The molecule has 0 amide bonds. The van der Waals surface area contributed by atoms with Gasteiger partial charge in [-0.05, 0) is 65.9 Å². The minimum Gasteiger partial charge on any atom is -0.329 e. The Morgan fingerprint density at radius 1 is 0.815 bits per heavy atom. The third kappa shape index (κ3) is 2.86. The number of fused-ring (bicyclic) bond motifs is 6. The minimum absolute atomic E-state index is 0.127. The lowest BCUT2D eigenvalue weighted by Gasteiger charge is -2.36. The summed E-state index contributed by atoms with van der Waals surface area (Å²) in [6.07, 6.45) is 0. The largest absolute Gasteiger partial charge is 0.329 e. The number of allylic oxidation sites excluding steroid dienone is 2. The molecule has 1 atom stereocenters. The average Bonchev–Trinajstić information content (AvgIpc) is 2.85. The van der Waals surface area contributed by atoms with Gasteiger partial charge < -0.3 is 4.98 Å². The van der Waals surface area contributed by atoms with Crippen molar-refractivity contribution in [2.45, 2.75) is 59.2 Å². The van der Waals surface area contributed by atoms with Crippen molar-refractivity contribution in [2.75, 3.05) is 0 Å². The maximum atomic E-state index is 4.01. The van der Waals surface area contributed by atoms with E-state index in [-0.39, 0.29) is 5.54 Å². The Balaban J connectivity index is 2.06. The SMILES string of the molecule is CC1=C([Si](C)(C)NC(C)(C)C)C(C)c2c1c1ccccc1c1ccccc21. The zero-order valence-electron chi connectivity index (χ0n) is 17.7. The monoisotopic (exact) mass is 373 g/mol. The Morgan fingerprint density at radius 3 is 1.85 bits per heavy atom. The van der Waals surface area contributed by atoms with Crippen molar-refractivity contribution in [1.82, 2.24) is 4.98 Å². The van der Waals surface area contributed by atoms with Crippen molar-refractivity contribution < 1.29 is 0 Å².